The van der Waals surface area contributed by atoms with Gasteiger partial charge < -0.3 is 0 Å². The summed E-state index contributed by atoms with van der Waals surface area (Å²) in [6, 6.07) is 14.9. The van der Waals surface area contributed by atoms with Gasteiger partial charge in [-0.3, -0.25) is 9.08 Å². The predicted molar refractivity (Wildman–Crippen MR) is 100 cm³/mol. The van der Waals surface area contributed by atoms with Crippen LogP contribution in [-0.4, -0.2) is 33.0 Å². The monoisotopic (exact) mass is 374 g/mol. The van der Waals surface area contributed by atoms with E-state index in [-0.39, 0.29) is 5.82 Å². The summed E-state index contributed by atoms with van der Waals surface area (Å²) in [6.45, 7) is 3.62. The molecule has 0 fully saturated rings. The molecule has 1 aliphatic rings. The Labute approximate surface area is 155 Å². The highest BCUT2D eigenvalue weighted by atomic mass is 32.2. The molecular formula is C20H21FNO3S. The van der Waals surface area contributed by atoms with Crippen molar-refractivity contribution in [3.8, 4) is 0 Å². The third-order valence-corrected chi connectivity index (χ3v) is 4.76. The van der Waals surface area contributed by atoms with E-state index in [0.717, 1.165) is 38.2 Å². The lowest BCUT2D eigenvalue weighted by Crippen LogP contribution is -2.30. The summed E-state index contributed by atoms with van der Waals surface area (Å²) >= 11 is 0. The van der Waals surface area contributed by atoms with Crippen LogP contribution < -0.4 is 0 Å². The molecule has 137 valence electrons. The van der Waals surface area contributed by atoms with Gasteiger partial charge in [-0.25, -0.2) is 12.8 Å². The van der Waals surface area contributed by atoms with E-state index in [1.807, 2.05) is 24.3 Å². The summed E-state index contributed by atoms with van der Waals surface area (Å²) in [5.74, 6) is -0.368. The highest BCUT2D eigenvalue weighted by molar-refractivity contribution is 7.67. The fourth-order valence-electron chi connectivity index (χ4n) is 3.15. The Balaban J connectivity index is 1.67. The molecule has 0 bridgehead atoms. The first-order chi connectivity index (χ1) is 12.6. The molecule has 3 rings (SSSR count). The molecular weight excluding hydrogens is 353 g/mol. The second-order valence-corrected chi connectivity index (χ2v) is 6.82. The third-order valence-electron chi connectivity index (χ3n) is 4.49. The van der Waals surface area contributed by atoms with Crippen LogP contribution in [0.15, 0.2) is 54.6 Å². The maximum atomic E-state index is 14.3. The average molecular weight is 374 g/mol. The van der Waals surface area contributed by atoms with Gasteiger partial charge in [0.05, 0.1) is 0 Å². The van der Waals surface area contributed by atoms with Crippen molar-refractivity contribution in [2.45, 2.75) is 12.8 Å². The fourth-order valence-corrected chi connectivity index (χ4v) is 3.35. The van der Waals surface area contributed by atoms with Crippen LogP contribution in [0.5, 0.6) is 0 Å². The quantitative estimate of drug-likeness (QED) is 0.756. The molecule has 26 heavy (non-hydrogen) atoms. The SMILES string of the molecule is O=[SH](=O)O[CH]c1cccc(F)c1C1=CCN(CCc2ccccc2)CC1. The molecule has 0 atom stereocenters. The lowest BCUT2D eigenvalue weighted by Gasteiger charge is -2.27. The summed E-state index contributed by atoms with van der Waals surface area (Å²) in [4.78, 5) is 2.33. The second-order valence-electron chi connectivity index (χ2n) is 6.17. The van der Waals surface area contributed by atoms with Crippen molar-refractivity contribution >= 4 is 16.6 Å². The van der Waals surface area contributed by atoms with Gasteiger partial charge in [-0.2, -0.15) is 0 Å². The molecule has 0 saturated heterocycles. The standard InChI is InChI=1S/C20H21FNO3S/c21-19-8-4-7-18(15-25-26(23)24)20(19)17-10-13-22(14-11-17)12-9-16-5-2-1-3-6-16/h1-8,10,15,26H,9,11-14H2. The largest absolute Gasteiger partial charge is 0.299 e. The first kappa shape index (κ1) is 18.8. The Bertz CT molecular complexity index is 841. The normalized spacial score (nSPS) is 15.2. The summed E-state index contributed by atoms with van der Waals surface area (Å²) in [6.07, 6.45) is 3.70. The van der Waals surface area contributed by atoms with E-state index < -0.39 is 11.0 Å². The minimum atomic E-state index is -3.00. The van der Waals surface area contributed by atoms with Crippen LogP contribution in [0.4, 0.5) is 4.39 Å². The van der Waals surface area contributed by atoms with Gasteiger partial charge >= 0.3 is 0 Å². The van der Waals surface area contributed by atoms with Crippen LogP contribution in [0.3, 0.4) is 0 Å². The number of thiol groups is 1. The van der Waals surface area contributed by atoms with Crippen molar-refractivity contribution in [3.05, 3.63) is 83.7 Å². The lowest BCUT2D eigenvalue weighted by atomic mass is 9.94. The van der Waals surface area contributed by atoms with Crippen molar-refractivity contribution in [3.63, 3.8) is 0 Å². The first-order valence-electron chi connectivity index (χ1n) is 8.52. The zero-order valence-electron chi connectivity index (χ0n) is 14.3. The number of hydrogen-bond acceptors (Lipinski definition) is 4. The molecule has 1 aliphatic heterocycles. The molecule has 0 saturated carbocycles. The van der Waals surface area contributed by atoms with Crippen molar-refractivity contribution in [2.24, 2.45) is 0 Å². The molecule has 1 heterocycles. The van der Waals surface area contributed by atoms with Gasteiger partial charge in [0.15, 0.2) is 0 Å². The maximum Gasteiger partial charge on any atom is 0.257 e. The van der Waals surface area contributed by atoms with Crippen LogP contribution in [0, 0.1) is 12.4 Å². The molecule has 0 amide bonds. The molecule has 6 heteroatoms. The molecule has 1 radical (unpaired) electrons. The van der Waals surface area contributed by atoms with E-state index in [9.17, 15) is 12.8 Å². The van der Waals surface area contributed by atoms with Crippen molar-refractivity contribution in [2.75, 3.05) is 19.6 Å². The zero-order valence-corrected chi connectivity index (χ0v) is 15.2. The number of rotatable bonds is 7. The summed E-state index contributed by atoms with van der Waals surface area (Å²) in [5.41, 5.74) is 3.05. The van der Waals surface area contributed by atoms with E-state index in [1.54, 1.807) is 12.1 Å². The van der Waals surface area contributed by atoms with Gasteiger partial charge in [0.2, 0.25) is 0 Å². The topological polar surface area (TPSA) is 46.6 Å². The molecule has 2 aromatic carbocycles. The van der Waals surface area contributed by atoms with E-state index in [4.69, 9.17) is 0 Å². The van der Waals surface area contributed by atoms with Gasteiger partial charge in [0.1, 0.15) is 12.4 Å². The van der Waals surface area contributed by atoms with Gasteiger partial charge in [-0.1, -0.05) is 48.5 Å². The molecule has 0 aromatic heterocycles. The van der Waals surface area contributed by atoms with Crippen LogP contribution >= 0.6 is 0 Å². The van der Waals surface area contributed by atoms with Crippen LogP contribution in [-0.2, 0) is 21.6 Å². The lowest BCUT2D eigenvalue weighted by molar-refractivity contribution is 0.305. The van der Waals surface area contributed by atoms with Gasteiger partial charge in [0.25, 0.3) is 11.0 Å². The van der Waals surface area contributed by atoms with Gasteiger partial charge in [0, 0.05) is 25.2 Å². The van der Waals surface area contributed by atoms with Gasteiger partial charge in [-0.05, 0) is 35.6 Å². The predicted octanol–water partition coefficient (Wildman–Crippen LogP) is 3.21. The van der Waals surface area contributed by atoms with Crippen LogP contribution in [0.2, 0.25) is 0 Å². The third kappa shape index (κ3) is 5.00. The number of benzene rings is 2. The molecule has 4 nitrogen and oxygen atoms in total. The van der Waals surface area contributed by atoms with E-state index >= 15 is 0 Å². The van der Waals surface area contributed by atoms with E-state index in [2.05, 4.69) is 21.2 Å². The summed E-state index contributed by atoms with van der Waals surface area (Å²) in [7, 11) is -3.00. The van der Waals surface area contributed by atoms with E-state index in [1.165, 1.54) is 11.6 Å². The van der Waals surface area contributed by atoms with Crippen molar-refractivity contribution in [1.29, 1.82) is 0 Å². The summed E-state index contributed by atoms with van der Waals surface area (Å²) < 4.78 is 40.2. The molecule has 0 unspecified atom stereocenters. The van der Waals surface area contributed by atoms with Gasteiger partial charge in [-0.15, -0.1) is 0 Å². The smallest absolute Gasteiger partial charge is 0.257 e. The van der Waals surface area contributed by atoms with Crippen molar-refractivity contribution in [1.82, 2.24) is 4.90 Å². The Kier molecular flexibility index (Phi) is 6.55. The Morgan fingerprint density at radius 3 is 2.62 bits per heavy atom. The number of nitrogens with zero attached hydrogens (tertiary/aromatic N) is 1. The molecule has 0 spiro atoms. The molecule has 0 N–H and O–H groups in total. The van der Waals surface area contributed by atoms with E-state index in [0.29, 0.717) is 17.5 Å². The zero-order chi connectivity index (χ0) is 18.4. The highest BCUT2D eigenvalue weighted by Crippen LogP contribution is 2.29. The van der Waals surface area contributed by atoms with Crippen LogP contribution in [0.25, 0.3) is 5.57 Å². The number of halogens is 1. The van der Waals surface area contributed by atoms with Crippen LogP contribution in [0.1, 0.15) is 23.1 Å². The minimum absolute atomic E-state index is 0.368. The Morgan fingerprint density at radius 2 is 1.92 bits per heavy atom. The Hall–Kier alpha value is -2.02. The van der Waals surface area contributed by atoms with Crippen molar-refractivity contribution < 1.29 is 17.0 Å². The molecule has 2 aromatic rings. The second kappa shape index (κ2) is 9.07. The Morgan fingerprint density at radius 1 is 1.12 bits per heavy atom. The average Bonchev–Trinajstić information content (AvgIpc) is 2.66. The fraction of sp³-hybridized carbons (Fsp3) is 0.250. The minimum Gasteiger partial charge on any atom is -0.299 e. The molecule has 0 aliphatic carbocycles. The number of hydrogen-bond donors (Lipinski definition) is 1. The maximum absolute atomic E-state index is 14.3. The first-order valence-corrected chi connectivity index (χ1v) is 9.61. The highest BCUT2D eigenvalue weighted by Gasteiger charge is 2.18. The summed E-state index contributed by atoms with van der Waals surface area (Å²) in [5, 5.41) is 0.